The Morgan fingerprint density at radius 3 is 2.71 bits per heavy atom. The van der Waals surface area contributed by atoms with Gasteiger partial charge in [-0.1, -0.05) is 37.3 Å². The lowest BCUT2D eigenvalue weighted by Crippen LogP contribution is -2.48. The van der Waals surface area contributed by atoms with E-state index in [1.165, 1.54) is 11.1 Å². The fourth-order valence-electron chi connectivity index (χ4n) is 3.57. The molecule has 2 aliphatic carbocycles. The highest BCUT2D eigenvalue weighted by Crippen LogP contribution is 2.48. The summed E-state index contributed by atoms with van der Waals surface area (Å²) in [7, 11) is 0.488. The van der Waals surface area contributed by atoms with Crippen LogP contribution in [0.25, 0.3) is 11.1 Å². The summed E-state index contributed by atoms with van der Waals surface area (Å²) in [5, 5.41) is 0. The number of nitrogens with zero attached hydrogens (tertiary/aromatic N) is 2. The van der Waals surface area contributed by atoms with E-state index in [1.54, 1.807) is 7.11 Å². The first kappa shape index (κ1) is 15.8. The number of methoxy groups -OCH3 is 1. The van der Waals surface area contributed by atoms with Gasteiger partial charge in [0.15, 0.2) is 0 Å². The molecule has 0 bridgehead atoms. The summed E-state index contributed by atoms with van der Waals surface area (Å²) in [5.41, 5.74) is 3.58. The lowest BCUT2D eigenvalue weighted by Gasteiger charge is -2.40. The Morgan fingerprint density at radius 1 is 1.21 bits per heavy atom. The van der Waals surface area contributed by atoms with Gasteiger partial charge in [-0.05, 0) is 29.8 Å². The monoisotopic (exact) mass is 342 g/mol. The number of ether oxygens (including phenoxy) is 1. The van der Waals surface area contributed by atoms with E-state index in [0.717, 1.165) is 42.4 Å². The molecule has 0 aromatic heterocycles. The average molecular weight is 342 g/mol. The molecule has 0 saturated carbocycles. The van der Waals surface area contributed by atoms with Crippen LogP contribution in [0.2, 0.25) is 0 Å². The van der Waals surface area contributed by atoms with Gasteiger partial charge < -0.3 is 4.74 Å². The summed E-state index contributed by atoms with van der Waals surface area (Å²) >= 11 is 0. The first-order valence-corrected chi connectivity index (χ1v) is 9.51. The molecule has 1 aromatic rings. The summed E-state index contributed by atoms with van der Waals surface area (Å²) in [4.78, 5) is 3.28. The molecule has 0 radical (unpaired) electrons. The predicted molar refractivity (Wildman–Crippen MR) is 96.4 cm³/mol. The Labute approximate surface area is 145 Å². The van der Waals surface area contributed by atoms with Crippen molar-refractivity contribution in [2.75, 3.05) is 33.3 Å². The third-order valence-electron chi connectivity index (χ3n) is 4.95. The quantitative estimate of drug-likeness (QED) is 0.714. The molecule has 4 nitrogen and oxygen atoms in total. The highest BCUT2D eigenvalue weighted by atomic mass is 32.2. The van der Waals surface area contributed by atoms with Gasteiger partial charge in [-0.15, -0.1) is 0 Å². The van der Waals surface area contributed by atoms with Crippen molar-refractivity contribution in [3.05, 3.63) is 48.0 Å². The van der Waals surface area contributed by atoms with Gasteiger partial charge in [0.05, 0.1) is 12.0 Å². The maximum absolute atomic E-state index is 13.1. The van der Waals surface area contributed by atoms with E-state index < -0.39 is 11.0 Å². The number of piperazine rings is 1. The minimum Gasteiger partial charge on any atom is -0.495 e. The lowest BCUT2D eigenvalue weighted by molar-refractivity contribution is 0.127. The van der Waals surface area contributed by atoms with Crippen molar-refractivity contribution in [3.8, 4) is 16.9 Å². The molecule has 1 aliphatic heterocycles. The van der Waals surface area contributed by atoms with Crippen LogP contribution in [0.1, 0.15) is 18.5 Å². The van der Waals surface area contributed by atoms with E-state index in [-0.39, 0.29) is 6.04 Å². The number of rotatable bonds is 5. The molecule has 5 heteroatoms. The third-order valence-corrected chi connectivity index (χ3v) is 6.43. The van der Waals surface area contributed by atoms with Crippen molar-refractivity contribution < 1.29 is 8.95 Å². The normalized spacial score (nSPS) is 21.5. The van der Waals surface area contributed by atoms with Crippen molar-refractivity contribution >= 4 is 11.0 Å². The van der Waals surface area contributed by atoms with E-state index in [9.17, 15) is 4.21 Å². The topological polar surface area (TPSA) is 32.8 Å². The summed E-state index contributed by atoms with van der Waals surface area (Å²) in [6, 6.07) is 14.9. The number of hydrogen-bond donors (Lipinski definition) is 0. The number of fused-ring (bicyclic) bond motifs is 1. The largest absolute Gasteiger partial charge is 0.495 e. The first-order chi connectivity index (χ1) is 11.7. The first-order valence-electron chi connectivity index (χ1n) is 8.41. The van der Waals surface area contributed by atoms with Crippen molar-refractivity contribution in [2.45, 2.75) is 17.9 Å². The Hall–Kier alpha value is -1.69. The molecule has 126 valence electrons. The lowest BCUT2D eigenvalue weighted by atomic mass is 10.0. The molecule has 3 aliphatic rings. The third kappa shape index (κ3) is 2.66. The molecule has 1 fully saturated rings. The second kappa shape index (κ2) is 6.31. The van der Waals surface area contributed by atoms with Gasteiger partial charge in [-0.25, -0.2) is 8.51 Å². The Balaban J connectivity index is 1.58. The number of hydrogen-bond acceptors (Lipinski definition) is 3. The van der Waals surface area contributed by atoms with E-state index in [4.69, 9.17) is 4.74 Å². The van der Waals surface area contributed by atoms with Crippen LogP contribution in [0, 0.1) is 0 Å². The second-order valence-corrected chi connectivity index (χ2v) is 7.70. The van der Waals surface area contributed by atoms with Crippen LogP contribution in [0.15, 0.2) is 47.4 Å². The fraction of sp³-hybridized carbons (Fsp3) is 0.368. The van der Waals surface area contributed by atoms with E-state index in [0.29, 0.717) is 0 Å². The highest BCUT2D eigenvalue weighted by Gasteiger charge is 2.34. The zero-order valence-electron chi connectivity index (χ0n) is 14.1. The highest BCUT2D eigenvalue weighted by molar-refractivity contribution is 7.82. The minimum atomic E-state index is -1.17. The molecule has 0 N–H and O–H groups in total. The molecular formula is C19H22N2O2S. The molecule has 1 saturated heterocycles. The summed E-state index contributed by atoms with van der Waals surface area (Å²) in [5.74, 6) is 0.789. The molecule has 0 spiro atoms. The number of benzene rings is 2. The van der Waals surface area contributed by atoms with E-state index in [1.807, 2.05) is 12.1 Å². The van der Waals surface area contributed by atoms with Crippen molar-refractivity contribution in [1.29, 1.82) is 0 Å². The summed E-state index contributed by atoms with van der Waals surface area (Å²) < 4.78 is 20.7. The Morgan fingerprint density at radius 2 is 2.00 bits per heavy atom. The van der Waals surface area contributed by atoms with E-state index in [2.05, 4.69) is 46.5 Å². The molecule has 2 unspecified atom stereocenters. The van der Waals surface area contributed by atoms with Crippen molar-refractivity contribution in [2.24, 2.45) is 0 Å². The number of likely N-dealkylation sites (N-methyl/N-ethyl adjacent to an activating group) is 1. The van der Waals surface area contributed by atoms with Crippen LogP contribution in [0.3, 0.4) is 0 Å². The Bertz CT molecular complexity index is 778. The maximum atomic E-state index is 13.1. The standard InChI is InChI=1S/C19H22N2O2S/c1-3-20-9-10-21(13-17(20)14-7-5-4-6-8-14)24(22)18-12-15-11-16(15)19(18)23-2/h4-8,11-12,17H,3,9-10,13H2,1-2H3. The van der Waals surface area contributed by atoms with Crippen LogP contribution in [0.5, 0.6) is 5.75 Å². The maximum Gasteiger partial charge on any atom is 0.144 e. The average Bonchev–Trinajstić information content (AvgIpc) is 3.32. The van der Waals surface area contributed by atoms with Gasteiger partial charge in [0.1, 0.15) is 16.7 Å². The van der Waals surface area contributed by atoms with Crippen LogP contribution in [-0.2, 0) is 11.0 Å². The fourth-order valence-corrected chi connectivity index (χ4v) is 4.95. The molecule has 2 atom stereocenters. The predicted octanol–water partition coefficient (Wildman–Crippen LogP) is 3.08. The molecule has 0 amide bonds. The Kier molecular flexibility index (Phi) is 4.16. The van der Waals surface area contributed by atoms with Gasteiger partial charge in [0, 0.05) is 31.2 Å². The van der Waals surface area contributed by atoms with Gasteiger partial charge in [-0.3, -0.25) is 4.90 Å². The molecule has 1 aromatic carbocycles. The molecular weight excluding hydrogens is 320 g/mol. The van der Waals surface area contributed by atoms with Crippen LogP contribution in [-0.4, -0.2) is 46.7 Å². The zero-order valence-corrected chi connectivity index (χ0v) is 14.9. The molecule has 4 rings (SSSR count). The van der Waals surface area contributed by atoms with Crippen LogP contribution < -0.4 is 4.74 Å². The SMILES string of the molecule is CCN1CCN(S(=O)c2cc3cc-3c2OC)CC1c1ccccc1. The smallest absolute Gasteiger partial charge is 0.144 e. The summed E-state index contributed by atoms with van der Waals surface area (Å²) in [6.07, 6.45) is 0. The zero-order chi connectivity index (χ0) is 16.7. The van der Waals surface area contributed by atoms with Gasteiger partial charge in [-0.2, -0.15) is 0 Å². The summed E-state index contributed by atoms with van der Waals surface area (Å²) in [6.45, 7) is 5.70. The van der Waals surface area contributed by atoms with Crippen LogP contribution in [0.4, 0.5) is 0 Å². The molecule has 24 heavy (non-hydrogen) atoms. The van der Waals surface area contributed by atoms with Gasteiger partial charge in [0.25, 0.3) is 0 Å². The molecule has 1 heterocycles. The van der Waals surface area contributed by atoms with Crippen molar-refractivity contribution in [1.82, 2.24) is 9.21 Å². The van der Waals surface area contributed by atoms with Crippen molar-refractivity contribution in [3.63, 3.8) is 0 Å². The van der Waals surface area contributed by atoms with Gasteiger partial charge in [0.2, 0.25) is 0 Å². The van der Waals surface area contributed by atoms with Crippen LogP contribution >= 0.6 is 0 Å². The second-order valence-electron chi connectivity index (χ2n) is 6.25. The van der Waals surface area contributed by atoms with Gasteiger partial charge >= 0.3 is 0 Å². The minimum absolute atomic E-state index is 0.281. The van der Waals surface area contributed by atoms with E-state index >= 15 is 0 Å².